The number of carbonyl (C=O) groups is 1. The number of ketones is 1. The summed E-state index contributed by atoms with van der Waals surface area (Å²) in [5.41, 5.74) is 1.10. The Morgan fingerprint density at radius 3 is 2.64 bits per heavy atom. The number of nitrogens with one attached hydrogen (secondary N) is 2. The number of carbonyl (C=O) groups excluding carboxylic acids is 1. The molecule has 2 aromatic carbocycles. The first-order valence-corrected chi connectivity index (χ1v) is 10.6. The molecular weight excluding hydrogens is 509 g/mol. The van der Waals surface area contributed by atoms with Gasteiger partial charge in [-0.3, -0.25) is 24.4 Å². The average molecular weight is 521 g/mol. The molecule has 0 bridgehead atoms. The third-order valence-corrected chi connectivity index (χ3v) is 5.71. The van der Waals surface area contributed by atoms with Gasteiger partial charge in [0.2, 0.25) is 10.6 Å². The number of thioether (sulfide) groups is 1. The Labute approximate surface area is 181 Å². The van der Waals surface area contributed by atoms with Gasteiger partial charge in [0, 0.05) is 3.57 Å². The lowest BCUT2D eigenvalue weighted by Gasteiger charge is -2.13. The van der Waals surface area contributed by atoms with E-state index in [1.165, 1.54) is 16.3 Å². The fourth-order valence-corrected chi connectivity index (χ4v) is 4.15. The van der Waals surface area contributed by atoms with E-state index in [9.17, 15) is 9.59 Å². The maximum Gasteiger partial charge on any atom is 0.266 e. The Balaban J connectivity index is 1.80. The summed E-state index contributed by atoms with van der Waals surface area (Å²) in [6, 6.07) is 14.8. The zero-order chi connectivity index (χ0) is 19.7. The van der Waals surface area contributed by atoms with Crippen molar-refractivity contribution < 1.29 is 4.79 Å². The third-order valence-electron chi connectivity index (χ3n) is 3.91. The first-order valence-electron chi connectivity index (χ1n) is 8.11. The fourth-order valence-electron chi connectivity index (χ4n) is 2.64. The van der Waals surface area contributed by atoms with Crippen molar-refractivity contribution in [1.82, 2.24) is 24.7 Å². The zero-order valence-electron chi connectivity index (χ0n) is 14.2. The van der Waals surface area contributed by atoms with E-state index in [1.54, 1.807) is 0 Å². The summed E-state index contributed by atoms with van der Waals surface area (Å²) in [5, 5.41) is 6.21. The Morgan fingerprint density at radius 1 is 1.14 bits per heavy atom. The van der Waals surface area contributed by atoms with Gasteiger partial charge < -0.3 is 0 Å². The molecule has 2 heterocycles. The van der Waals surface area contributed by atoms with Crippen molar-refractivity contribution in [3.8, 4) is 5.69 Å². The summed E-state index contributed by atoms with van der Waals surface area (Å²) in [6.07, 6.45) is 0. The van der Waals surface area contributed by atoms with E-state index in [1.807, 2.05) is 48.5 Å². The van der Waals surface area contributed by atoms with Crippen molar-refractivity contribution in [2.45, 2.75) is 5.16 Å². The lowest BCUT2D eigenvalue weighted by molar-refractivity contribution is 0.101. The van der Waals surface area contributed by atoms with Gasteiger partial charge >= 0.3 is 0 Å². The van der Waals surface area contributed by atoms with Crippen molar-refractivity contribution in [2.75, 3.05) is 5.75 Å². The molecule has 0 unspecified atom stereocenters. The van der Waals surface area contributed by atoms with E-state index in [0.29, 0.717) is 21.7 Å². The molecule has 10 heteroatoms. The second-order valence-corrected chi connectivity index (χ2v) is 8.33. The topological polar surface area (TPSA) is 96.4 Å². The molecule has 28 heavy (non-hydrogen) atoms. The molecule has 0 spiro atoms. The minimum Gasteiger partial charge on any atom is -0.290 e. The van der Waals surface area contributed by atoms with Crippen molar-refractivity contribution >= 4 is 63.3 Å². The second-order valence-electron chi connectivity index (χ2n) is 5.76. The van der Waals surface area contributed by atoms with Crippen LogP contribution in [0.15, 0.2) is 58.5 Å². The molecular formula is C18H12IN5O2S2. The molecule has 2 aromatic heterocycles. The molecule has 0 atom stereocenters. The van der Waals surface area contributed by atoms with Crippen LogP contribution < -0.4 is 5.56 Å². The molecule has 0 saturated heterocycles. The monoisotopic (exact) mass is 521 g/mol. The molecule has 2 N–H and O–H groups in total. The first-order chi connectivity index (χ1) is 13.5. The van der Waals surface area contributed by atoms with Gasteiger partial charge in [0.05, 0.1) is 22.3 Å². The number of halogens is 1. The first kappa shape index (κ1) is 19.0. The van der Waals surface area contributed by atoms with Gasteiger partial charge in [0.15, 0.2) is 11.0 Å². The molecule has 0 aliphatic heterocycles. The van der Waals surface area contributed by atoms with E-state index in [0.717, 1.165) is 3.57 Å². The molecule has 0 amide bonds. The lowest BCUT2D eigenvalue weighted by Crippen LogP contribution is -2.22. The van der Waals surface area contributed by atoms with Crippen molar-refractivity contribution in [3.63, 3.8) is 0 Å². The number of hydrogen-bond donors (Lipinski definition) is 2. The zero-order valence-corrected chi connectivity index (χ0v) is 18.0. The third kappa shape index (κ3) is 3.80. The summed E-state index contributed by atoms with van der Waals surface area (Å²) in [4.78, 5) is 34.1. The molecule has 0 fully saturated rings. The van der Waals surface area contributed by atoms with Gasteiger partial charge in [-0.05, 0) is 65.1 Å². The number of benzene rings is 2. The highest BCUT2D eigenvalue weighted by atomic mass is 127. The number of H-pyrrole nitrogens is 2. The number of fused-ring (bicyclic) bond motifs is 1. The maximum atomic E-state index is 13.2. The van der Waals surface area contributed by atoms with Crippen molar-refractivity contribution in [2.24, 2.45) is 0 Å². The van der Waals surface area contributed by atoms with Crippen LogP contribution in [0.2, 0.25) is 0 Å². The van der Waals surface area contributed by atoms with Crippen LogP contribution in [0.4, 0.5) is 0 Å². The van der Waals surface area contributed by atoms with E-state index in [2.05, 4.69) is 42.8 Å². The Kier molecular flexibility index (Phi) is 5.42. The van der Waals surface area contributed by atoms with Gasteiger partial charge in [-0.15, -0.1) is 0 Å². The van der Waals surface area contributed by atoms with E-state index in [-0.39, 0.29) is 27.7 Å². The summed E-state index contributed by atoms with van der Waals surface area (Å²) in [6.45, 7) is 0. The average Bonchev–Trinajstić information content (AvgIpc) is 3.14. The fraction of sp³-hybridized carbons (Fsp3) is 0.0556. The second kappa shape index (κ2) is 7.97. The molecule has 0 aliphatic rings. The van der Waals surface area contributed by atoms with Crippen LogP contribution >= 0.6 is 46.6 Å². The number of Topliss-reactive ketones (excluding diaryl/α,β-unsaturated/α-hetero) is 1. The number of aromatic amines is 2. The molecule has 7 nitrogen and oxygen atoms in total. The van der Waals surface area contributed by atoms with Crippen LogP contribution in [0.5, 0.6) is 0 Å². The predicted molar refractivity (Wildman–Crippen MR) is 119 cm³/mol. The minimum absolute atomic E-state index is 0.0608. The maximum absolute atomic E-state index is 13.2. The van der Waals surface area contributed by atoms with Crippen molar-refractivity contribution in [3.05, 3.63) is 73.1 Å². The van der Waals surface area contributed by atoms with Gasteiger partial charge in [-0.25, -0.2) is 4.98 Å². The van der Waals surface area contributed by atoms with Crippen LogP contribution in [-0.2, 0) is 0 Å². The SMILES string of the molecule is O=C(CSc1nc2ccc(I)cc2c(=O)n1-c1ccccc1)c1nc(=S)[nH][nH]1. The van der Waals surface area contributed by atoms with E-state index in [4.69, 9.17) is 12.2 Å². The van der Waals surface area contributed by atoms with Crippen LogP contribution in [0.25, 0.3) is 16.6 Å². The predicted octanol–water partition coefficient (Wildman–Crippen LogP) is 3.75. The van der Waals surface area contributed by atoms with Gasteiger partial charge in [-0.2, -0.15) is 4.98 Å². The van der Waals surface area contributed by atoms with Crippen LogP contribution in [-0.4, -0.2) is 36.3 Å². The highest BCUT2D eigenvalue weighted by molar-refractivity contribution is 14.1. The summed E-state index contributed by atoms with van der Waals surface area (Å²) >= 11 is 8.23. The molecule has 0 aliphatic carbocycles. The summed E-state index contributed by atoms with van der Waals surface area (Å²) in [5.74, 6) is -0.0268. The number of nitrogens with zero attached hydrogens (tertiary/aromatic N) is 3. The highest BCUT2D eigenvalue weighted by Crippen LogP contribution is 2.22. The van der Waals surface area contributed by atoms with Gasteiger partial charge in [0.25, 0.3) is 5.56 Å². The highest BCUT2D eigenvalue weighted by Gasteiger charge is 2.16. The largest absolute Gasteiger partial charge is 0.290 e. The smallest absolute Gasteiger partial charge is 0.266 e. The molecule has 0 saturated carbocycles. The Bertz CT molecular complexity index is 1300. The number of aromatic nitrogens is 5. The van der Waals surface area contributed by atoms with Crippen LogP contribution in [0.3, 0.4) is 0 Å². The number of hydrogen-bond acceptors (Lipinski definition) is 6. The van der Waals surface area contributed by atoms with Crippen LogP contribution in [0, 0.1) is 8.34 Å². The Hall–Kier alpha value is -2.31. The molecule has 4 rings (SSSR count). The lowest BCUT2D eigenvalue weighted by atomic mass is 10.2. The van der Waals surface area contributed by atoms with Crippen molar-refractivity contribution in [1.29, 1.82) is 0 Å². The minimum atomic E-state index is -0.242. The normalized spacial score (nSPS) is 11.0. The van der Waals surface area contributed by atoms with Gasteiger partial charge in [0.1, 0.15) is 0 Å². The van der Waals surface area contributed by atoms with Gasteiger partial charge in [-0.1, -0.05) is 30.0 Å². The van der Waals surface area contributed by atoms with E-state index >= 15 is 0 Å². The summed E-state index contributed by atoms with van der Waals surface area (Å²) in [7, 11) is 0. The molecule has 4 aromatic rings. The molecule has 0 radical (unpaired) electrons. The number of rotatable bonds is 5. The Morgan fingerprint density at radius 2 is 1.93 bits per heavy atom. The summed E-state index contributed by atoms with van der Waals surface area (Å²) < 4.78 is 2.70. The van der Waals surface area contributed by atoms with Crippen LogP contribution in [0.1, 0.15) is 10.6 Å². The van der Waals surface area contributed by atoms with E-state index < -0.39 is 0 Å². The molecule has 140 valence electrons. The number of para-hydroxylation sites is 1. The quantitative estimate of drug-likeness (QED) is 0.137. The standard InChI is InChI=1S/C18H12IN5O2S2/c19-10-6-7-13-12(8-10)16(26)24(11-4-2-1-3-5-11)18(20-13)28-9-14(25)15-21-17(27)23-22-15/h1-8H,9H2,(H2,21,22,23,27).